The van der Waals surface area contributed by atoms with Crippen LogP contribution in [0.15, 0.2) is 11.1 Å². The molecule has 0 heterocycles. The van der Waals surface area contributed by atoms with Gasteiger partial charge in [0.2, 0.25) is 0 Å². The van der Waals surface area contributed by atoms with Gasteiger partial charge >= 0.3 is 0 Å². The molecule has 0 aromatic heterocycles. The summed E-state index contributed by atoms with van der Waals surface area (Å²) < 4.78 is 0. The number of hydrogen-bond donors (Lipinski definition) is 0. The quantitative estimate of drug-likeness (QED) is 0.579. The van der Waals surface area contributed by atoms with Crippen molar-refractivity contribution in [1.82, 2.24) is 0 Å². The summed E-state index contributed by atoms with van der Waals surface area (Å²) in [6, 6.07) is 0. The fraction of sp³-hybridized carbons (Fsp3) is 0.867. The minimum atomic E-state index is 0.896. The van der Waals surface area contributed by atoms with E-state index in [1.165, 1.54) is 32.1 Å². The molecule has 0 radical (unpaired) electrons. The molecule has 0 bridgehead atoms. The van der Waals surface area contributed by atoms with Crippen LogP contribution >= 0.6 is 0 Å². The zero-order valence-electron chi connectivity index (χ0n) is 10.8. The molecule has 0 heteroatoms. The molecule has 2 aliphatic rings. The molecular weight excluding hydrogens is 180 g/mol. The first-order chi connectivity index (χ1) is 7.13. The Morgan fingerprint density at radius 3 is 2.47 bits per heavy atom. The van der Waals surface area contributed by atoms with E-state index in [0.717, 1.165) is 23.7 Å². The van der Waals surface area contributed by atoms with Crippen LogP contribution < -0.4 is 0 Å². The highest BCUT2D eigenvalue weighted by atomic mass is 14.4. The summed E-state index contributed by atoms with van der Waals surface area (Å²) in [6.45, 7) is 9.57. The second kappa shape index (κ2) is 4.31. The Kier molecular flexibility index (Phi) is 3.23. The van der Waals surface area contributed by atoms with Crippen LogP contribution in [0, 0.1) is 23.7 Å². The Bertz CT molecular complexity index is 259. The number of hydrogen-bond acceptors (Lipinski definition) is 0. The van der Waals surface area contributed by atoms with E-state index >= 15 is 0 Å². The molecule has 0 aliphatic heterocycles. The molecule has 1 saturated carbocycles. The van der Waals surface area contributed by atoms with Crippen molar-refractivity contribution in [3.05, 3.63) is 11.1 Å². The first kappa shape index (κ1) is 11.2. The van der Waals surface area contributed by atoms with Crippen molar-refractivity contribution in [1.29, 1.82) is 0 Å². The first-order valence-electron chi connectivity index (χ1n) is 6.82. The Morgan fingerprint density at radius 2 is 2.07 bits per heavy atom. The molecule has 2 aliphatic carbocycles. The second-order valence-corrected chi connectivity index (χ2v) is 6.00. The van der Waals surface area contributed by atoms with Crippen LogP contribution in [0.1, 0.15) is 59.8 Å². The molecule has 1 fully saturated rings. The maximum atomic E-state index is 2.48. The zero-order chi connectivity index (χ0) is 11.0. The first-order valence-corrected chi connectivity index (χ1v) is 6.82. The third-order valence-corrected chi connectivity index (χ3v) is 5.03. The number of rotatable bonds is 4. The maximum absolute atomic E-state index is 2.48. The van der Waals surface area contributed by atoms with Crippen molar-refractivity contribution < 1.29 is 0 Å². The summed E-state index contributed by atoms with van der Waals surface area (Å²) in [5.41, 5.74) is 3.49. The lowest BCUT2D eigenvalue weighted by Crippen LogP contribution is -2.32. The van der Waals surface area contributed by atoms with Crippen molar-refractivity contribution in [3.63, 3.8) is 0 Å². The fourth-order valence-electron chi connectivity index (χ4n) is 3.73. The van der Waals surface area contributed by atoms with Gasteiger partial charge < -0.3 is 0 Å². The van der Waals surface area contributed by atoms with E-state index in [1.54, 1.807) is 11.1 Å². The van der Waals surface area contributed by atoms with E-state index in [2.05, 4.69) is 27.7 Å². The molecule has 15 heavy (non-hydrogen) atoms. The van der Waals surface area contributed by atoms with E-state index in [1.807, 2.05) is 0 Å². The van der Waals surface area contributed by atoms with E-state index in [4.69, 9.17) is 0 Å². The molecule has 0 N–H and O–H groups in total. The van der Waals surface area contributed by atoms with Crippen molar-refractivity contribution >= 4 is 0 Å². The largest absolute Gasteiger partial charge is 0.0732 e. The Morgan fingerprint density at radius 1 is 1.33 bits per heavy atom. The molecular formula is C15H26. The average molecular weight is 206 g/mol. The van der Waals surface area contributed by atoms with Gasteiger partial charge in [0.05, 0.1) is 0 Å². The highest BCUT2D eigenvalue weighted by molar-refractivity contribution is 5.26. The molecule has 4 atom stereocenters. The summed E-state index contributed by atoms with van der Waals surface area (Å²) in [6.07, 6.45) is 7.17. The Hall–Kier alpha value is -0.260. The summed E-state index contributed by atoms with van der Waals surface area (Å²) in [4.78, 5) is 0. The molecule has 0 saturated heterocycles. The van der Waals surface area contributed by atoms with Gasteiger partial charge in [-0.25, -0.2) is 0 Å². The van der Waals surface area contributed by atoms with Gasteiger partial charge in [0.25, 0.3) is 0 Å². The minimum absolute atomic E-state index is 0.896. The lowest BCUT2D eigenvalue weighted by molar-refractivity contribution is 0.106. The van der Waals surface area contributed by atoms with Crippen LogP contribution in [-0.2, 0) is 0 Å². The van der Waals surface area contributed by atoms with Crippen molar-refractivity contribution in [3.8, 4) is 0 Å². The fourth-order valence-corrected chi connectivity index (χ4v) is 3.73. The van der Waals surface area contributed by atoms with Crippen LogP contribution in [0.25, 0.3) is 0 Å². The van der Waals surface area contributed by atoms with Crippen LogP contribution in [0.3, 0.4) is 0 Å². The monoisotopic (exact) mass is 206 g/mol. The summed E-state index contributed by atoms with van der Waals surface area (Å²) >= 11 is 0. The van der Waals surface area contributed by atoms with Crippen LogP contribution in [0.5, 0.6) is 0 Å². The normalized spacial score (nSPS) is 37.2. The van der Waals surface area contributed by atoms with Gasteiger partial charge in [-0.1, -0.05) is 38.3 Å². The van der Waals surface area contributed by atoms with Crippen LogP contribution in [0.4, 0.5) is 0 Å². The van der Waals surface area contributed by atoms with Crippen LogP contribution in [-0.4, -0.2) is 0 Å². The summed E-state index contributed by atoms with van der Waals surface area (Å²) in [7, 11) is 0. The van der Waals surface area contributed by atoms with Crippen molar-refractivity contribution in [2.45, 2.75) is 59.8 Å². The van der Waals surface area contributed by atoms with Gasteiger partial charge in [-0.15, -0.1) is 0 Å². The zero-order valence-corrected chi connectivity index (χ0v) is 10.8. The van der Waals surface area contributed by atoms with Gasteiger partial charge in [0.1, 0.15) is 0 Å². The average Bonchev–Trinajstić information content (AvgIpc) is 2.14. The second-order valence-electron chi connectivity index (χ2n) is 6.00. The standard InChI is InChI=1S/C15H26/c1-5-13-6-7-14(13)12(4)9-15-10(2)8-11(15)3/h10,12-14H,5-9H2,1-4H3. The highest BCUT2D eigenvalue weighted by Crippen LogP contribution is 2.46. The van der Waals surface area contributed by atoms with Gasteiger partial charge in [-0.05, 0) is 56.3 Å². The third kappa shape index (κ3) is 2.00. The molecule has 0 nitrogen and oxygen atoms in total. The summed E-state index contributed by atoms with van der Waals surface area (Å²) in [5, 5.41) is 0. The van der Waals surface area contributed by atoms with Gasteiger partial charge in [-0.2, -0.15) is 0 Å². The Labute approximate surface area is 95.1 Å². The van der Waals surface area contributed by atoms with Gasteiger partial charge in [-0.3, -0.25) is 0 Å². The smallest absolute Gasteiger partial charge is 0.0192 e. The minimum Gasteiger partial charge on any atom is -0.0732 e. The van der Waals surface area contributed by atoms with Gasteiger partial charge in [0.15, 0.2) is 0 Å². The molecule has 0 aromatic rings. The molecule has 0 amide bonds. The van der Waals surface area contributed by atoms with E-state index in [0.29, 0.717) is 0 Å². The maximum Gasteiger partial charge on any atom is -0.0192 e. The van der Waals surface area contributed by atoms with Crippen LogP contribution in [0.2, 0.25) is 0 Å². The van der Waals surface area contributed by atoms with E-state index in [-0.39, 0.29) is 0 Å². The topological polar surface area (TPSA) is 0 Å². The van der Waals surface area contributed by atoms with Crippen molar-refractivity contribution in [2.75, 3.05) is 0 Å². The lowest BCUT2D eigenvalue weighted by atomic mass is 9.63. The predicted octanol–water partition coefficient (Wildman–Crippen LogP) is 4.81. The SMILES string of the molecule is CCC1CCC1C(C)CC1=C(C)CC1C. The van der Waals surface area contributed by atoms with E-state index in [9.17, 15) is 0 Å². The summed E-state index contributed by atoms with van der Waals surface area (Å²) in [5.74, 6) is 3.93. The van der Waals surface area contributed by atoms with E-state index < -0.39 is 0 Å². The predicted molar refractivity (Wildman–Crippen MR) is 66.8 cm³/mol. The Balaban J connectivity index is 1.87. The molecule has 86 valence electrons. The van der Waals surface area contributed by atoms with Crippen molar-refractivity contribution in [2.24, 2.45) is 23.7 Å². The molecule has 2 rings (SSSR count). The molecule has 4 unspecified atom stereocenters. The number of allylic oxidation sites excluding steroid dienone is 2. The molecule has 0 aromatic carbocycles. The molecule has 0 spiro atoms. The third-order valence-electron chi connectivity index (χ3n) is 5.03. The highest BCUT2D eigenvalue weighted by Gasteiger charge is 2.35. The lowest BCUT2D eigenvalue weighted by Gasteiger charge is -2.42. The van der Waals surface area contributed by atoms with Gasteiger partial charge in [0, 0.05) is 0 Å².